The van der Waals surface area contributed by atoms with Crippen LogP contribution in [0.2, 0.25) is 0 Å². The maximum absolute atomic E-state index is 12.6. The molecule has 0 radical (unpaired) electrons. The Balaban J connectivity index is 1.60. The van der Waals surface area contributed by atoms with Gasteiger partial charge in [-0.15, -0.1) is 0 Å². The van der Waals surface area contributed by atoms with Gasteiger partial charge in [0.2, 0.25) is 5.91 Å². The fourth-order valence-electron chi connectivity index (χ4n) is 3.23. The van der Waals surface area contributed by atoms with Gasteiger partial charge in [0.05, 0.1) is 24.8 Å². The third-order valence-electron chi connectivity index (χ3n) is 4.47. The number of nitrogens with zero attached hydrogens (tertiary/aromatic N) is 1. The Labute approximate surface area is 153 Å². The SMILES string of the molecule is Cc1cc(C(=O)NCC(=O)N2C[C@@H](C)O[C@@H](c3ccccc3)C2)c(C)o1. The van der Waals surface area contributed by atoms with E-state index in [-0.39, 0.29) is 30.6 Å². The number of furan rings is 1. The number of rotatable bonds is 4. The second-order valence-corrected chi connectivity index (χ2v) is 6.65. The number of hydrogen-bond acceptors (Lipinski definition) is 4. The van der Waals surface area contributed by atoms with Gasteiger partial charge in [-0.25, -0.2) is 0 Å². The second-order valence-electron chi connectivity index (χ2n) is 6.65. The van der Waals surface area contributed by atoms with Crippen molar-refractivity contribution in [1.29, 1.82) is 0 Å². The molecule has 138 valence electrons. The van der Waals surface area contributed by atoms with Gasteiger partial charge in [0, 0.05) is 6.54 Å². The van der Waals surface area contributed by atoms with Gasteiger partial charge in [0.15, 0.2) is 0 Å². The molecule has 1 aromatic carbocycles. The fraction of sp³-hybridized carbons (Fsp3) is 0.400. The normalized spacial score (nSPS) is 20.0. The summed E-state index contributed by atoms with van der Waals surface area (Å²) in [5, 5.41) is 2.69. The van der Waals surface area contributed by atoms with Crippen molar-refractivity contribution in [2.24, 2.45) is 0 Å². The average Bonchev–Trinajstić information content (AvgIpc) is 2.98. The van der Waals surface area contributed by atoms with Crippen LogP contribution in [-0.4, -0.2) is 42.5 Å². The molecule has 1 saturated heterocycles. The number of benzene rings is 1. The van der Waals surface area contributed by atoms with Gasteiger partial charge in [-0.1, -0.05) is 30.3 Å². The summed E-state index contributed by atoms with van der Waals surface area (Å²) in [7, 11) is 0. The van der Waals surface area contributed by atoms with Gasteiger partial charge < -0.3 is 19.4 Å². The highest BCUT2D eigenvalue weighted by Gasteiger charge is 2.29. The minimum Gasteiger partial charge on any atom is -0.466 e. The van der Waals surface area contributed by atoms with Crippen molar-refractivity contribution >= 4 is 11.8 Å². The van der Waals surface area contributed by atoms with Crippen LogP contribution >= 0.6 is 0 Å². The molecule has 1 aliphatic rings. The fourth-order valence-corrected chi connectivity index (χ4v) is 3.23. The lowest BCUT2D eigenvalue weighted by Gasteiger charge is -2.37. The quantitative estimate of drug-likeness (QED) is 0.914. The number of aryl methyl sites for hydroxylation is 2. The summed E-state index contributed by atoms with van der Waals surface area (Å²) in [5.74, 6) is 0.809. The van der Waals surface area contributed by atoms with Crippen LogP contribution < -0.4 is 5.32 Å². The third-order valence-corrected chi connectivity index (χ3v) is 4.47. The lowest BCUT2D eigenvalue weighted by molar-refractivity contribution is -0.143. The highest BCUT2D eigenvalue weighted by Crippen LogP contribution is 2.25. The van der Waals surface area contributed by atoms with Gasteiger partial charge in [-0.05, 0) is 32.4 Å². The molecule has 0 spiro atoms. The van der Waals surface area contributed by atoms with Crippen molar-refractivity contribution in [3.8, 4) is 0 Å². The lowest BCUT2D eigenvalue weighted by atomic mass is 10.1. The van der Waals surface area contributed by atoms with Gasteiger partial charge >= 0.3 is 0 Å². The Kier molecular flexibility index (Phi) is 5.42. The number of morpholine rings is 1. The molecular weight excluding hydrogens is 332 g/mol. The third kappa shape index (κ3) is 4.14. The van der Waals surface area contributed by atoms with E-state index in [0.29, 0.717) is 30.2 Å². The minimum absolute atomic E-state index is 0.0449. The first-order valence-corrected chi connectivity index (χ1v) is 8.77. The van der Waals surface area contributed by atoms with Gasteiger partial charge in [-0.2, -0.15) is 0 Å². The molecule has 0 saturated carbocycles. The standard InChI is InChI=1S/C20H24N2O4/c1-13-9-17(15(3)25-13)20(24)21-10-19(23)22-11-14(2)26-18(12-22)16-7-5-4-6-8-16/h4-9,14,18H,10-12H2,1-3H3,(H,21,24)/t14-,18-/m1/s1. The summed E-state index contributed by atoms with van der Waals surface area (Å²) in [6, 6.07) is 11.5. The molecule has 6 heteroatoms. The Bertz CT molecular complexity index is 784. The number of hydrogen-bond donors (Lipinski definition) is 1. The van der Waals surface area contributed by atoms with Crippen LogP contribution in [0.25, 0.3) is 0 Å². The van der Waals surface area contributed by atoms with E-state index < -0.39 is 0 Å². The molecule has 1 fully saturated rings. The van der Waals surface area contributed by atoms with Crippen molar-refractivity contribution < 1.29 is 18.7 Å². The van der Waals surface area contributed by atoms with E-state index in [9.17, 15) is 9.59 Å². The molecule has 0 bridgehead atoms. The molecule has 2 heterocycles. The summed E-state index contributed by atoms with van der Waals surface area (Å²) in [6.45, 7) is 6.42. The molecule has 0 unspecified atom stereocenters. The van der Waals surface area contributed by atoms with E-state index in [2.05, 4.69) is 5.32 Å². The Morgan fingerprint density at radius 2 is 1.92 bits per heavy atom. The van der Waals surface area contributed by atoms with Crippen molar-refractivity contribution in [1.82, 2.24) is 10.2 Å². The van der Waals surface area contributed by atoms with E-state index in [1.807, 2.05) is 37.3 Å². The van der Waals surface area contributed by atoms with E-state index >= 15 is 0 Å². The number of ether oxygens (including phenoxy) is 1. The largest absolute Gasteiger partial charge is 0.466 e. The second kappa shape index (κ2) is 7.74. The Morgan fingerprint density at radius 1 is 1.19 bits per heavy atom. The maximum Gasteiger partial charge on any atom is 0.255 e. The first-order valence-electron chi connectivity index (χ1n) is 8.77. The van der Waals surface area contributed by atoms with Crippen LogP contribution in [0.3, 0.4) is 0 Å². The first kappa shape index (κ1) is 18.2. The Hall–Kier alpha value is -2.60. The zero-order valence-electron chi connectivity index (χ0n) is 15.3. The lowest BCUT2D eigenvalue weighted by Crippen LogP contribution is -2.49. The van der Waals surface area contributed by atoms with Crippen LogP contribution in [-0.2, 0) is 9.53 Å². The van der Waals surface area contributed by atoms with Crippen LogP contribution in [0.1, 0.15) is 40.5 Å². The molecule has 26 heavy (non-hydrogen) atoms. The molecule has 0 aliphatic carbocycles. The number of nitrogens with one attached hydrogen (secondary N) is 1. The Morgan fingerprint density at radius 3 is 2.58 bits per heavy atom. The molecule has 6 nitrogen and oxygen atoms in total. The summed E-state index contributed by atoms with van der Waals surface area (Å²) >= 11 is 0. The van der Waals surface area contributed by atoms with Crippen molar-refractivity contribution in [3.63, 3.8) is 0 Å². The highest BCUT2D eigenvalue weighted by atomic mass is 16.5. The molecular formula is C20H24N2O4. The molecule has 1 aromatic heterocycles. The van der Waals surface area contributed by atoms with Gasteiger partial charge in [0.1, 0.15) is 17.6 Å². The molecule has 2 amide bonds. The topological polar surface area (TPSA) is 71.8 Å². The van der Waals surface area contributed by atoms with Crippen LogP contribution in [0.5, 0.6) is 0 Å². The number of carbonyl (C=O) groups excluding carboxylic acids is 2. The molecule has 1 N–H and O–H groups in total. The molecule has 2 atom stereocenters. The molecule has 1 aliphatic heterocycles. The van der Waals surface area contributed by atoms with Gasteiger partial charge in [-0.3, -0.25) is 9.59 Å². The van der Waals surface area contributed by atoms with Crippen molar-refractivity contribution in [3.05, 3.63) is 59.0 Å². The smallest absolute Gasteiger partial charge is 0.255 e. The van der Waals surface area contributed by atoms with E-state index in [1.54, 1.807) is 24.8 Å². The average molecular weight is 356 g/mol. The van der Waals surface area contributed by atoms with Crippen molar-refractivity contribution in [2.45, 2.75) is 33.0 Å². The first-order chi connectivity index (χ1) is 12.4. The number of amides is 2. The summed E-state index contributed by atoms with van der Waals surface area (Å²) in [6.07, 6.45) is -0.217. The van der Waals surface area contributed by atoms with E-state index in [4.69, 9.17) is 9.15 Å². The minimum atomic E-state index is -0.298. The summed E-state index contributed by atoms with van der Waals surface area (Å²) in [4.78, 5) is 26.6. The van der Waals surface area contributed by atoms with Gasteiger partial charge in [0.25, 0.3) is 5.91 Å². The number of carbonyl (C=O) groups is 2. The predicted octanol–water partition coefficient (Wildman–Crippen LogP) is 2.61. The maximum atomic E-state index is 12.6. The summed E-state index contributed by atoms with van der Waals surface area (Å²) in [5.41, 5.74) is 1.51. The van der Waals surface area contributed by atoms with Crippen molar-refractivity contribution in [2.75, 3.05) is 19.6 Å². The monoisotopic (exact) mass is 356 g/mol. The van der Waals surface area contributed by atoms with Crippen LogP contribution in [0.15, 0.2) is 40.8 Å². The zero-order valence-corrected chi connectivity index (χ0v) is 15.3. The van der Waals surface area contributed by atoms with E-state index in [0.717, 1.165) is 5.56 Å². The van der Waals surface area contributed by atoms with E-state index in [1.165, 1.54) is 0 Å². The predicted molar refractivity (Wildman–Crippen MR) is 96.8 cm³/mol. The molecule has 2 aromatic rings. The highest BCUT2D eigenvalue weighted by molar-refractivity contribution is 5.97. The van der Waals surface area contributed by atoms with Crippen LogP contribution in [0, 0.1) is 13.8 Å². The van der Waals surface area contributed by atoms with Crippen LogP contribution in [0.4, 0.5) is 0 Å². The molecule has 3 rings (SSSR count). The summed E-state index contributed by atoms with van der Waals surface area (Å²) < 4.78 is 11.3. The zero-order chi connectivity index (χ0) is 18.7.